The van der Waals surface area contributed by atoms with E-state index in [4.69, 9.17) is 4.74 Å². The third-order valence-electron chi connectivity index (χ3n) is 5.19. The fourth-order valence-electron chi connectivity index (χ4n) is 3.45. The first-order valence-corrected chi connectivity index (χ1v) is 10.9. The first-order chi connectivity index (χ1) is 14.3. The molecule has 1 aromatic heterocycles. The molecule has 0 N–H and O–H groups in total. The maximum atomic E-state index is 12.8. The van der Waals surface area contributed by atoms with Crippen molar-refractivity contribution in [3.05, 3.63) is 82.3 Å². The minimum Gasteiger partial charge on any atom is -0.487 e. The summed E-state index contributed by atoms with van der Waals surface area (Å²) >= 11 is 1.55. The van der Waals surface area contributed by atoms with Crippen molar-refractivity contribution in [2.45, 2.75) is 13.0 Å². The summed E-state index contributed by atoms with van der Waals surface area (Å²) in [5.74, 6) is 0.846. The smallest absolute Gasteiger partial charge is 0.253 e. The molecule has 0 aliphatic carbocycles. The zero-order valence-electron chi connectivity index (χ0n) is 16.4. The van der Waals surface area contributed by atoms with Gasteiger partial charge in [-0.1, -0.05) is 30.3 Å². The molecule has 0 saturated carbocycles. The lowest BCUT2D eigenvalue weighted by atomic mass is 10.1. The number of rotatable bonds is 7. The van der Waals surface area contributed by atoms with Crippen LogP contribution >= 0.6 is 11.3 Å². The highest BCUT2D eigenvalue weighted by molar-refractivity contribution is 7.07. The van der Waals surface area contributed by atoms with Crippen molar-refractivity contribution in [3.63, 3.8) is 0 Å². The Morgan fingerprint density at radius 2 is 1.76 bits per heavy atom. The van der Waals surface area contributed by atoms with E-state index in [0.29, 0.717) is 12.2 Å². The first kappa shape index (κ1) is 19.6. The average molecular weight is 408 g/mol. The van der Waals surface area contributed by atoms with Crippen molar-refractivity contribution in [1.82, 2.24) is 14.8 Å². The van der Waals surface area contributed by atoms with Crippen molar-refractivity contribution in [2.24, 2.45) is 0 Å². The summed E-state index contributed by atoms with van der Waals surface area (Å²) in [5.41, 5.74) is 4.79. The maximum absolute atomic E-state index is 12.8. The maximum Gasteiger partial charge on any atom is 0.253 e. The van der Waals surface area contributed by atoms with E-state index in [2.05, 4.69) is 34.1 Å². The molecule has 29 heavy (non-hydrogen) atoms. The number of nitrogens with zero attached hydrogens (tertiary/aromatic N) is 3. The Morgan fingerprint density at radius 1 is 1.00 bits per heavy atom. The number of hydrogen-bond donors (Lipinski definition) is 0. The molecule has 5 nitrogen and oxygen atoms in total. The lowest BCUT2D eigenvalue weighted by molar-refractivity contribution is 0.0638. The van der Waals surface area contributed by atoms with Gasteiger partial charge in [-0.25, -0.2) is 4.98 Å². The van der Waals surface area contributed by atoms with E-state index >= 15 is 0 Å². The molecule has 3 aromatic rings. The van der Waals surface area contributed by atoms with E-state index in [1.54, 1.807) is 16.8 Å². The number of piperazine rings is 1. The second-order valence-electron chi connectivity index (χ2n) is 7.16. The highest BCUT2D eigenvalue weighted by atomic mass is 32.1. The van der Waals surface area contributed by atoms with E-state index in [1.165, 1.54) is 5.56 Å². The van der Waals surface area contributed by atoms with Crippen molar-refractivity contribution in [3.8, 4) is 5.75 Å². The van der Waals surface area contributed by atoms with E-state index in [1.807, 2.05) is 40.6 Å². The molecule has 6 heteroatoms. The van der Waals surface area contributed by atoms with Gasteiger partial charge in [-0.15, -0.1) is 11.3 Å². The summed E-state index contributed by atoms with van der Waals surface area (Å²) in [6.45, 7) is 4.88. The Hall–Kier alpha value is -2.70. The molecule has 2 heterocycles. The number of benzene rings is 2. The summed E-state index contributed by atoms with van der Waals surface area (Å²) < 4.78 is 5.72. The number of amides is 1. The van der Waals surface area contributed by atoms with E-state index < -0.39 is 0 Å². The molecule has 0 radical (unpaired) electrons. The van der Waals surface area contributed by atoms with E-state index in [9.17, 15) is 4.79 Å². The molecule has 1 fully saturated rings. The van der Waals surface area contributed by atoms with Crippen molar-refractivity contribution >= 4 is 17.2 Å². The van der Waals surface area contributed by atoms with Gasteiger partial charge < -0.3 is 9.64 Å². The fourth-order valence-corrected chi connectivity index (χ4v) is 3.99. The first-order valence-electron chi connectivity index (χ1n) is 9.93. The number of carbonyl (C=O) groups excluding carboxylic acids is 1. The minimum absolute atomic E-state index is 0.0961. The minimum atomic E-state index is 0.0961. The molecule has 0 bridgehead atoms. The second-order valence-corrected chi connectivity index (χ2v) is 7.88. The molecule has 0 unspecified atom stereocenters. The van der Waals surface area contributed by atoms with Crippen LogP contribution in [0.1, 0.15) is 21.6 Å². The zero-order valence-corrected chi connectivity index (χ0v) is 17.2. The van der Waals surface area contributed by atoms with Crippen LogP contribution in [0.25, 0.3) is 0 Å². The van der Waals surface area contributed by atoms with Gasteiger partial charge in [-0.05, 0) is 36.2 Å². The Bertz CT molecular complexity index is 890. The predicted molar refractivity (Wildman–Crippen MR) is 115 cm³/mol. The summed E-state index contributed by atoms with van der Waals surface area (Å²) in [5, 5.41) is 1.97. The number of thiazole rings is 1. The third kappa shape index (κ3) is 5.43. The summed E-state index contributed by atoms with van der Waals surface area (Å²) in [4.78, 5) is 21.4. The highest BCUT2D eigenvalue weighted by Crippen LogP contribution is 2.16. The van der Waals surface area contributed by atoms with Crippen LogP contribution in [0.15, 0.2) is 65.5 Å². The molecule has 1 amide bonds. The van der Waals surface area contributed by atoms with Gasteiger partial charge in [-0.3, -0.25) is 9.69 Å². The van der Waals surface area contributed by atoms with Crippen LogP contribution in [0, 0.1) is 0 Å². The largest absolute Gasteiger partial charge is 0.487 e. The van der Waals surface area contributed by atoms with Gasteiger partial charge >= 0.3 is 0 Å². The molecule has 2 aromatic carbocycles. The Labute approximate surface area is 175 Å². The van der Waals surface area contributed by atoms with Gasteiger partial charge in [0.25, 0.3) is 5.91 Å². The normalized spacial score (nSPS) is 14.7. The van der Waals surface area contributed by atoms with Gasteiger partial charge in [0, 0.05) is 43.7 Å². The molecule has 0 atom stereocenters. The monoisotopic (exact) mass is 407 g/mol. The summed E-state index contributed by atoms with van der Waals surface area (Å²) in [6.07, 6.45) is 1.05. The third-order valence-corrected chi connectivity index (χ3v) is 5.83. The van der Waals surface area contributed by atoms with Crippen molar-refractivity contribution in [1.29, 1.82) is 0 Å². The molecule has 1 aliphatic heterocycles. The highest BCUT2D eigenvalue weighted by Gasteiger charge is 2.22. The number of ether oxygens (including phenoxy) is 1. The van der Waals surface area contributed by atoms with Crippen LogP contribution < -0.4 is 4.74 Å². The lowest BCUT2D eigenvalue weighted by Gasteiger charge is -2.34. The van der Waals surface area contributed by atoms with Crippen LogP contribution in [0.3, 0.4) is 0 Å². The molecular weight excluding hydrogens is 382 g/mol. The van der Waals surface area contributed by atoms with Gasteiger partial charge in [-0.2, -0.15) is 0 Å². The van der Waals surface area contributed by atoms with Crippen LogP contribution in [-0.4, -0.2) is 53.4 Å². The Balaban J connectivity index is 1.23. The SMILES string of the molecule is O=C(c1ccc(OCc2cscn2)cc1)N1CCN(CCc2ccccc2)CC1. The lowest BCUT2D eigenvalue weighted by Crippen LogP contribution is -2.49. The van der Waals surface area contributed by atoms with Crippen LogP contribution in [0.5, 0.6) is 5.75 Å². The number of carbonyl (C=O) groups is 1. The van der Waals surface area contributed by atoms with Crippen LogP contribution in [-0.2, 0) is 13.0 Å². The quantitative estimate of drug-likeness (QED) is 0.599. The Kier molecular flexibility index (Phi) is 6.54. The van der Waals surface area contributed by atoms with Gasteiger partial charge in [0.15, 0.2) is 0 Å². The Morgan fingerprint density at radius 3 is 2.45 bits per heavy atom. The van der Waals surface area contributed by atoms with Crippen molar-refractivity contribution < 1.29 is 9.53 Å². The standard InChI is InChI=1S/C23H25N3O2S/c27-23(20-6-8-22(9-7-20)28-16-21-17-29-18-24-21)26-14-12-25(13-15-26)11-10-19-4-2-1-3-5-19/h1-9,17-18H,10-16H2. The molecule has 150 valence electrons. The summed E-state index contributed by atoms with van der Waals surface area (Å²) in [7, 11) is 0. The van der Waals surface area contributed by atoms with E-state index in [-0.39, 0.29) is 5.91 Å². The van der Waals surface area contributed by atoms with Gasteiger partial charge in [0.2, 0.25) is 0 Å². The molecular formula is C23H25N3O2S. The topological polar surface area (TPSA) is 45.7 Å². The van der Waals surface area contributed by atoms with Crippen LogP contribution in [0.2, 0.25) is 0 Å². The van der Waals surface area contributed by atoms with Gasteiger partial charge in [0.1, 0.15) is 12.4 Å². The number of hydrogen-bond acceptors (Lipinski definition) is 5. The zero-order chi connectivity index (χ0) is 19.9. The van der Waals surface area contributed by atoms with Crippen LogP contribution in [0.4, 0.5) is 0 Å². The predicted octanol–water partition coefficient (Wildman–Crippen LogP) is 3.72. The van der Waals surface area contributed by atoms with Gasteiger partial charge in [0.05, 0.1) is 11.2 Å². The van der Waals surface area contributed by atoms with Crippen molar-refractivity contribution in [2.75, 3.05) is 32.7 Å². The summed E-state index contributed by atoms with van der Waals surface area (Å²) in [6, 6.07) is 18.0. The molecule has 1 saturated heterocycles. The van der Waals surface area contributed by atoms with E-state index in [0.717, 1.165) is 50.6 Å². The molecule has 4 rings (SSSR count). The molecule has 1 aliphatic rings. The number of aromatic nitrogens is 1. The second kappa shape index (κ2) is 9.67. The average Bonchev–Trinajstić information content (AvgIpc) is 3.31. The fraction of sp³-hybridized carbons (Fsp3) is 0.304. The molecule has 0 spiro atoms.